The van der Waals surface area contributed by atoms with Crippen LogP contribution in [0.3, 0.4) is 0 Å². The summed E-state index contributed by atoms with van der Waals surface area (Å²) in [5.41, 5.74) is 2.22. The number of nitrogens with one attached hydrogen (secondary N) is 2. The summed E-state index contributed by atoms with van der Waals surface area (Å²) in [6.45, 7) is 4.20. The molecule has 164 valence electrons. The predicted molar refractivity (Wildman–Crippen MR) is 125 cm³/mol. The van der Waals surface area contributed by atoms with Crippen molar-refractivity contribution in [2.24, 2.45) is 4.99 Å². The van der Waals surface area contributed by atoms with E-state index in [0.717, 1.165) is 37.4 Å². The van der Waals surface area contributed by atoms with Gasteiger partial charge in [0, 0.05) is 37.2 Å². The number of ether oxygens (including phenoxy) is 2. The average molecular weight is 422 g/mol. The van der Waals surface area contributed by atoms with Crippen molar-refractivity contribution in [2.75, 3.05) is 26.1 Å². The molecule has 0 aliphatic heterocycles. The van der Waals surface area contributed by atoms with Crippen molar-refractivity contribution in [1.29, 1.82) is 0 Å². The van der Waals surface area contributed by atoms with Crippen molar-refractivity contribution < 1.29 is 9.47 Å². The van der Waals surface area contributed by atoms with Crippen LogP contribution in [0.25, 0.3) is 0 Å². The fourth-order valence-electron chi connectivity index (χ4n) is 3.30. The van der Waals surface area contributed by atoms with E-state index in [1.807, 2.05) is 43.6 Å². The van der Waals surface area contributed by atoms with Crippen LogP contribution in [-0.4, -0.2) is 36.3 Å². The van der Waals surface area contributed by atoms with E-state index in [2.05, 4.69) is 44.5 Å². The molecule has 0 saturated heterocycles. The maximum Gasteiger partial charge on any atom is 0.196 e. The van der Waals surface area contributed by atoms with Crippen LogP contribution in [-0.2, 0) is 19.5 Å². The fraction of sp³-hybridized carbons (Fsp3) is 0.333. The van der Waals surface area contributed by atoms with Gasteiger partial charge in [0.15, 0.2) is 17.5 Å². The zero-order chi connectivity index (χ0) is 21.9. The van der Waals surface area contributed by atoms with Gasteiger partial charge in [-0.25, -0.2) is 9.98 Å². The van der Waals surface area contributed by atoms with Gasteiger partial charge in [-0.2, -0.15) is 0 Å². The summed E-state index contributed by atoms with van der Waals surface area (Å²) in [6, 6.07) is 16.2. The molecule has 2 aromatic carbocycles. The molecule has 0 aliphatic rings. The molecule has 1 heterocycles. The normalized spacial score (nSPS) is 11.3. The van der Waals surface area contributed by atoms with Crippen LogP contribution in [0.2, 0.25) is 0 Å². The summed E-state index contributed by atoms with van der Waals surface area (Å²) in [6.07, 6.45) is 5.96. The second-order valence-corrected chi connectivity index (χ2v) is 7.02. The molecule has 2 N–H and O–H groups in total. The monoisotopic (exact) mass is 421 g/mol. The largest absolute Gasteiger partial charge is 0.493 e. The molecule has 0 radical (unpaired) electrons. The number of aryl methyl sites for hydroxylation is 2. The van der Waals surface area contributed by atoms with Crippen molar-refractivity contribution in [1.82, 2.24) is 14.9 Å². The molecular formula is C24H31N5O2. The van der Waals surface area contributed by atoms with E-state index in [9.17, 15) is 0 Å². The highest BCUT2D eigenvalue weighted by Crippen LogP contribution is 2.29. The summed E-state index contributed by atoms with van der Waals surface area (Å²) in [4.78, 5) is 9.21. The Labute approximate surface area is 184 Å². The Balaban J connectivity index is 1.62. The first-order chi connectivity index (χ1) is 15.2. The topological polar surface area (TPSA) is 72.7 Å². The molecule has 31 heavy (non-hydrogen) atoms. The quantitative estimate of drug-likeness (QED) is 0.381. The molecule has 3 aromatic rings. The molecule has 1 aromatic heterocycles. The molecule has 3 rings (SSSR count). The summed E-state index contributed by atoms with van der Waals surface area (Å²) < 4.78 is 12.9. The lowest BCUT2D eigenvalue weighted by molar-refractivity contribution is 0.355. The van der Waals surface area contributed by atoms with Gasteiger partial charge in [0.1, 0.15) is 12.4 Å². The lowest BCUT2D eigenvalue weighted by atomic mass is 10.1. The highest BCUT2D eigenvalue weighted by Gasteiger charge is 2.07. The van der Waals surface area contributed by atoms with Crippen molar-refractivity contribution in [3.63, 3.8) is 0 Å². The lowest BCUT2D eigenvalue weighted by Gasteiger charge is -2.14. The second kappa shape index (κ2) is 11.6. The van der Waals surface area contributed by atoms with E-state index in [0.29, 0.717) is 24.0 Å². The zero-order valence-corrected chi connectivity index (χ0v) is 18.5. The van der Waals surface area contributed by atoms with E-state index in [-0.39, 0.29) is 0 Å². The van der Waals surface area contributed by atoms with E-state index in [4.69, 9.17) is 14.5 Å². The molecule has 0 unspecified atom stereocenters. The second-order valence-electron chi connectivity index (χ2n) is 7.02. The smallest absolute Gasteiger partial charge is 0.196 e. The van der Waals surface area contributed by atoms with Crippen molar-refractivity contribution in [3.8, 4) is 11.5 Å². The Bertz CT molecular complexity index is 969. The van der Waals surface area contributed by atoms with E-state index in [1.165, 1.54) is 5.56 Å². The first kappa shape index (κ1) is 22.2. The molecule has 7 heteroatoms. The van der Waals surface area contributed by atoms with Gasteiger partial charge in [-0.1, -0.05) is 30.3 Å². The van der Waals surface area contributed by atoms with Crippen LogP contribution in [0.15, 0.2) is 65.9 Å². The summed E-state index contributed by atoms with van der Waals surface area (Å²) in [5.74, 6) is 2.98. The van der Waals surface area contributed by atoms with Gasteiger partial charge in [0.25, 0.3) is 0 Å². The minimum Gasteiger partial charge on any atom is -0.493 e. The number of imidazole rings is 1. The number of benzene rings is 2. The summed E-state index contributed by atoms with van der Waals surface area (Å²) in [7, 11) is 3.25. The lowest BCUT2D eigenvalue weighted by Crippen LogP contribution is -2.30. The van der Waals surface area contributed by atoms with Gasteiger partial charge in [0.05, 0.1) is 14.2 Å². The Morgan fingerprint density at radius 2 is 1.87 bits per heavy atom. The SMILES string of the molecule is CCNC(=NCc1nccn1CCCc1ccccc1)Nc1ccc(OC)c(OC)c1. The third kappa shape index (κ3) is 6.50. The third-order valence-electron chi connectivity index (χ3n) is 4.88. The number of guanidine groups is 1. The standard InChI is InChI=1S/C24H31N5O2/c1-4-25-24(28-20-12-13-21(30-2)22(17-20)31-3)27-18-23-26-14-16-29(23)15-8-11-19-9-6-5-7-10-19/h5-7,9-10,12-14,16-17H,4,8,11,15,18H2,1-3H3,(H2,25,27,28). The van der Waals surface area contributed by atoms with Crippen LogP contribution < -0.4 is 20.1 Å². The van der Waals surface area contributed by atoms with Crippen LogP contribution in [0.5, 0.6) is 11.5 Å². The molecule has 0 fully saturated rings. The van der Waals surface area contributed by atoms with E-state index < -0.39 is 0 Å². The Hall–Kier alpha value is -3.48. The fourth-order valence-corrected chi connectivity index (χ4v) is 3.30. The van der Waals surface area contributed by atoms with Gasteiger partial charge in [-0.05, 0) is 37.5 Å². The van der Waals surface area contributed by atoms with Crippen molar-refractivity contribution in [3.05, 3.63) is 72.3 Å². The average Bonchev–Trinajstić information content (AvgIpc) is 3.25. The molecule has 7 nitrogen and oxygen atoms in total. The van der Waals surface area contributed by atoms with Gasteiger partial charge < -0.3 is 24.7 Å². The van der Waals surface area contributed by atoms with Gasteiger partial charge in [-0.3, -0.25) is 0 Å². The number of hydrogen-bond acceptors (Lipinski definition) is 4. The summed E-state index contributed by atoms with van der Waals surface area (Å²) >= 11 is 0. The summed E-state index contributed by atoms with van der Waals surface area (Å²) in [5, 5.41) is 6.59. The number of anilines is 1. The molecule has 0 bridgehead atoms. The van der Waals surface area contributed by atoms with Crippen LogP contribution in [0.1, 0.15) is 24.7 Å². The van der Waals surface area contributed by atoms with Crippen LogP contribution in [0, 0.1) is 0 Å². The van der Waals surface area contributed by atoms with Crippen molar-refractivity contribution in [2.45, 2.75) is 32.9 Å². The Morgan fingerprint density at radius 3 is 2.61 bits per heavy atom. The van der Waals surface area contributed by atoms with Gasteiger partial charge in [0.2, 0.25) is 0 Å². The zero-order valence-electron chi connectivity index (χ0n) is 18.5. The predicted octanol–water partition coefficient (Wildman–Crippen LogP) is 4.11. The molecule has 0 aliphatic carbocycles. The number of hydrogen-bond donors (Lipinski definition) is 2. The van der Waals surface area contributed by atoms with Gasteiger partial charge >= 0.3 is 0 Å². The Morgan fingerprint density at radius 1 is 1.06 bits per heavy atom. The van der Waals surface area contributed by atoms with E-state index >= 15 is 0 Å². The maximum atomic E-state index is 5.38. The minimum absolute atomic E-state index is 0.487. The number of aromatic nitrogens is 2. The van der Waals surface area contributed by atoms with Crippen molar-refractivity contribution >= 4 is 11.6 Å². The molecule has 0 saturated carbocycles. The van der Waals surface area contributed by atoms with Crippen LogP contribution >= 0.6 is 0 Å². The Kier molecular flexibility index (Phi) is 8.34. The first-order valence-corrected chi connectivity index (χ1v) is 10.5. The number of aliphatic imine (C=N–C) groups is 1. The highest BCUT2D eigenvalue weighted by atomic mass is 16.5. The third-order valence-corrected chi connectivity index (χ3v) is 4.88. The molecular weight excluding hydrogens is 390 g/mol. The number of methoxy groups -OCH3 is 2. The minimum atomic E-state index is 0.487. The first-order valence-electron chi connectivity index (χ1n) is 10.5. The number of rotatable bonds is 10. The maximum absolute atomic E-state index is 5.38. The molecule has 0 amide bonds. The van der Waals surface area contributed by atoms with E-state index in [1.54, 1.807) is 14.2 Å². The van der Waals surface area contributed by atoms with Crippen LogP contribution in [0.4, 0.5) is 5.69 Å². The number of nitrogens with zero attached hydrogens (tertiary/aromatic N) is 3. The van der Waals surface area contributed by atoms with Gasteiger partial charge in [-0.15, -0.1) is 0 Å². The molecule has 0 spiro atoms. The highest BCUT2D eigenvalue weighted by molar-refractivity contribution is 5.93. The molecule has 0 atom stereocenters.